The highest BCUT2D eigenvalue weighted by molar-refractivity contribution is 7.92. The number of rotatable bonds is 5. The van der Waals surface area contributed by atoms with Crippen molar-refractivity contribution in [2.75, 3.05) is 4.72 Å². The molecule has 1 N–H and O–H groups in total. The summed E-state index contributed by atoms with van der Waals surface area (Å²) >= 11 is 0. The van der Waals surface area contributed by atoms with Crippen LogP contribution in [0.3, 0.4) is 0 Å². The summed E-state index contributed by atoms with van der Waals surface area (Å²) in [5.41, 5.74) is 2.21. The topological polar surface area (TPSA) is 104 Å². The van der Waals surface area contributed by atoms with E-state index in [-0.39, 0.29) is 10.6 Å². The summed E-state index contributed by atoms with van der Waals surface area (Å²) in [5, 5.41) is 4.06. The summed E-state index contributed by atoms with van der Waals surface area (Å²) < 4.78 is 33.1. The number of fused-ring (bicyclic) bond motifs is 1. The Morgan fingerprint density at radius 3 is 2.54 bits per heavy atom. The van der Waals surface area contributed by atoms with E-state index in [2.05, 4.69) is 14.8 Å². The van der Waals surface area contributed by atoms with Gasteiger partial charge in [0, 0.05) is 14.1 Å². The molecular formula is C18H18N6O3S. The van der Waals surface area contributed by atoms with Gasteiger partial charge < -0.3 is 0 Å². The monoisotopic (exact) mass is 398 g/mol. The molecule has 2 aromatic heterocycles. The summed E-state index contributed by atoms with van der Waals surface area (Å²) in [6, 6.07) is 11.7. The lowest BCUT2D eigenvalue weighted by atomic mass is 10.2. The number of imidazole rings is 1. The van der Waals surface area contributed by atoms with Crippen LogP contribution in [0.25, 0.3) is 11.0 Å². The molecule has 0 amide bonds. The van der Waals surface area contributed by atoms with Crippen LogP contribution in [0.2, 0.25) is 0 Å². The van der Waals surface area contributed by atoms with Crippen LogP contribution in [-0.4, -0.2) is 32.3 Å². The fraction of sp³-hybridized carbons (Fsp3) is 0.167. The molecular weight excluding hydrogens is 380 g/mol. The van der Waals surface area contributed by atoms with Gasteiger partial charge in [-0.3, -0.25) is 13.9 Å². The van der Waals surface area contributed by atoms with Gasteiger partial charge in [-0.05, 0) is 29.8 Å². The molecule has 0 saturated carbocycles. The molecule has 0 bridgehead atoms. The Bertz CT molecular complexity index is 1320. The van der Waals surface area contributed by atoms with Gasteiger partial charge in [-0.2, -0.15) is 5.10 Å². The second-order valence-electron chi connectivity index (χ2n) is 6.41. The lowest BCUT2D eigenvalue weighted by Gasteiger charge is -2.13. The van der Waals surface area contributed by atoms with E-state index in [1.807, 2.05) is 12.1 Å². The SMILES string of the molecule is Cn1c(=O)n(C)c2cc(S(=O)(=O)Nc3ccccc3Cn3cncn3)ccc21. The highest BCUT2D eigenvalue weighted by Gasteiger charge is 2.18. The van der Waals surface area contributed by atoms with Gasteiger partial charge in [-0.15, -0.1) is 0 Å². The van der Waals surface area contributed by atoms with Gasteiger partial charge in [0.05, 0.1) is 28.2 Å². The van der Waals surface area contributed by atoms with Crippen LogP contribution in [0, 0.1) is 0 Å². The Balaban J connectivity index is 1.71. The van der Waals surface area contributed by atoms with Crippen LogP contribution in [0.15, 0.2) is 64.8 Å². The molecule has 0 spiro atoms. The van der Waals surface area contributed by atoms with Gasteiger partial charge in [0.2, 0.25) is 0 Å². The standard InChI is InChI=1S/C18H18N6O3S/c1-22-16-8-7-14(9-17(16)23(2)18(22)25)28(26,27)21-15-6-4-3-5-13(15)10-24-12-19-11-20-24/h3-9,11-12,21H,10H2,1-2H3. The zero-order chi connectivity index (χ0) is 19.9. The number of para-hydroxylation sites is 1. The first-order valence-electron chi connectivity index (χ1n) is 8.45. The molecule has 0 aliphatic heterocycles. The first-order chi connectivity index (χ1) is 13.4. The highest BCUT2D eigenvalue weighted by atomic mass is 32.2. The molecule has 144 valence electrons. The number of nitrogens with zero attached hydrogens (tertiary/aromatic N) is 5. The van der Waals surface area contributed by atoms with Crippen LogP contribution in [0.1, 0.15) is 5.56 Å². The Labute approximate surface area is 160 Å². The second-order valence-corrected chi connectivity index (χ2v) is 8.09. The van der Waals surface area contributed by atoms with E-state index in [9.17, 15) is 13.2 Å². The maximum absolute atomic E-state index is 13.0. The predicted molar refractivity (Wildman–Crippen MR) is 105 cm³/mol. The highest BCUT2D eigenvalue weighted by Crippen LogP contribution is 2.23. The smallest absolute Gasteiger partial charge is 0.295 e. The van der Waals surface area contributed by atoms with Crippen molar-refractivity contribution in [1.29, 1.82) is 0 Å². The zero-order valence-corrected chi connectivity index (χ0v) is 16.1. The number of hydrogen-bond donors (Lipinski definition) is 1. The summed E-state index contributed by atoms with van der Waals surface area (Å²) in [4.78, 5) is 16.1. The van der Waals surface area contributed by atoms with E-state index in [1.165, 1.54) is 27.6 Å². The third-order valence-corrected chi connectivity index (χ3v) is 5.98. The van der Waals surface area contributed by atoms with Crippen molar-refractivity contribution in [2.24, 2.45) is 14.1 Å². The molecule has 0 radical (unpaired) electrons. The lowest BCUT2D eigenvalue weighted by molar-refractivity contribution is 0.601. The van der Waals surface area contributed by atoms with E-state index in [0.29, 0.717) is 23.3 Å². The molecule has 0 atom stereocenters. The average Bonchev–Trinajstić information content (AvgIpc) is 3.26. The zero-order valence-electron chi connectivity index (χ0n) is 15.3. The van der Waals surface area contributed by atoms with Crippen LogP contribution >= 0.6 is 0 Å². The number of anilines is 1. The number of aryl methyl sites for hydroxylation is 2. The van der Waals surface area contributed by atoms with Crippen LogP contribution in [0.4, 0.5) is 5.69 Å². The minimum absolute atomic E-state index is 0.0803. The number of benzene rings is 2. The van der Waals surface area contributed by atoms with Crippen LogP contribution < -0.4 is 10.4 Å². The first-order valence-corrected chi connectivity index (χ1v) is 9.94. The van der Waals surface area contributed by atoms with Gasteiger partial charge in [-0.1, -0.05) is 18.2 Å². The van der Waals surface area contributed by atoms with Crippen molar-refractivity contribution in [3.63, 3.8) is 0 Å². The predicted octanol–water partition coefficient (Wildman–Crippen LogP) is 1.32. The van der Waals surface area contributed by atoms with Gasteiger partial charge >= 0.3 is 5.69 Å². The fourth-order valence-electron chi connectivity index (χ4n) is 3.10. The van der Waals surface area contributed by atoms with Crippen molar-refractivity contribution in [3.05, 3.63) is 71.2 Å². The van der Waals surface area contributed by atoms with Crippen LogP contribution in [-0.2, 0) is 30.7 Å². The summed E-state index contributed by atoms with van der Waals surface area (Å²) in [6.45, 7) is 0.380. The molecule has 0 saturated heterocycles. The van der Waals surface area contributed by atoms with E-state index < -0.39 is 10.0 Å². The molecule has 0 aliphatic carbocycles. The molecule has 4 rings (SSSR count). The minimum Gasteiger partial charge on any atom is -0.295 e. The molecule has 0 fully saturated rings. The third-order valence-electron chi connectivity index (χ3n) is 4.61. The number of hydrogen-bond acceptors (Lipinski definition) is 5. The maximum Gasteiger partial charge on any atom is 0.328 e. The molecule has 10 heteroatoms. The van der Waals surface area contributed by atoms with Crippen molar-refractivity contribution < 1.29 is 8.42 Å². The average molecular weight is 398 g/mol. The largest absolute Gasteiger partial charge is 0.328 e. The molecule has 2 aromatic carbocycles. The fourth-order valence-corrected chi connectivity index (χ4v) is 4.22. The Morgan fingerprint density at radius 1 is 1.04 bits per heavy atom. The van der Waals surface area contributed by atoms with Crippen LogP contribution in [0.5, 0.6) is 0 Å². The van der Waals surface area contributed by atoms with Crippen molar-refractivity contribution in [1.82, 2.24) is 23.9 Å². The molecule has 28 heavy (non-hydrogen) atoms. The number of nitrogens with one attached hydrogen (secondary N) is 1. The maximum atomic E-state index is 13.0. The summed E-state index contributed by atoms with van der Waals surface area (Å²) in [5.74, 6) is 0. The number of sulfonamides is 1. The molecule has 9 nitrogen and oxygen atoms in total. The molecule has 4 aromatic rings. The van der Waals surface area contributed by atoms with E-state index in [1.54, 1.807) is 43.3 Å². The molecule has 2 heterocycles. The summed E-state index contributed by atoms with van der Waals surface area (Å²) in [7, 11) is -0.583. The summed E-state index contributed by atoms with van der Waals surface area (Å²) in [6.07, 6.45) is 2.99. The van der Waals surface area contributed by atoms with E-state index >= 15 is 0 Å². The third kappa shape index (κ3) is 3.07. The van der Waals surface area contributed by atoms with Crippen molar-refractivity contribution in [3.8, 4) is 0 Å². The van der Waals surface area contributed by atoms with Gasteiger partial charge in [0.25, 0.3) is 10.0 Å². The van der Waals surface area contributed by atoms with Crippen molar-refractivity contribution >= 4 is 26.7 Å². The Morgan fingerprint density at radius 2 is 1.79 bits per heavy atom. The lowest BCUT2D eigenvalue weighted by Crippen LogP contribution is -2.19. The van der Waals surface area contributed by atoms with E-state index in [4.69, 9.17) is 0 Å². The van der Waals surface area contributed by atoms with Crippen molar-refractivity contribution in [2.45, 2.75) is 11.4 Å². The van der Waals surface area contributed by atoms with Gasteiger partial charge in [-0.25, -0.2) is 22.9 Å². The normalized spacial score (nSPS) is 11.8. The Kier molecular flexibility index (Phi) is 4.27. The van der Waals surface area contributed by atoms with E-state index in [0.717, 1.165) is 5.56 Å². The molecule has 0 aliphatic rings. The first kappa shape index (κ1) is 18.0. The quantitative estimate of drug-likeness (QED) is 0.546. The minimum atomic E-state index is -3.85. The number of aromatic nitrogens is 5. The van der Waals surface area contributed by atoms with Gasteiger partial charge in [0.15, 0.2) is 0 Å². The second kappa shape index (κ2) is 6.64. The molecule has 0 unspecified atom stereocenters. The van der Waals surface area contributed by atoms with Gasteiger partial charge in [0.1, 0.15) is 12.7 Å². The Hall–Kier alpha value is -3.40.